The van der Waals surface area contributed by atoms with E-state index in [0.717, 1.165) is 12.1 Å². The zero-order valence-corrected chi connectivity index (χ0v) is 9.94. The summed E-state index contributed by atoms with van der Waals surface area (Å²) in [5, 5.41) is 3.08. The van der Waals surface area contributed by atoms with Crippen molar-refractivity contribution in [2.75, 3.05) is 5.32 Å². The molecule has 5 heteroatoms. The lowest BCUT2D eigenvalue weighted by Crippen LogP contribution is -2.02. The number of rotatable bonds is 3. The highest BCUT2D eigenvalue weighted by Crippen LogP contribution is 2.19. The molecule has 0 heterocycles. The van der Waals surface area contributed by atoms with E-state index in [1.165, 1.54) is 24.3 Å². The number of halogens is 4. The highest BCUT2D eigenvalue weighted by atomic mass is 35.5. The summed E-state index contributed by atoms with van der Waals surface area (Å²) in [7, 11) is 0. The van der Waals surface area contributed by atoms with Gasteiger partial charge in [-0.2, -0.15) is 0 Å². The summed E-state index contributed by atoms with van der Waals surface area (Å²) >= 11 is 5.61. The van der Waals surface area contributed by atoms with E-state index in [-0.39, 0.29) is 12.2 Å². The van der Waals surface area contributed by atoms with Gasteiger partial charge in [0.2, 0.25) is 0 Å². The van der Waals surface area contributed by atoms with Gasteiger partial charge in [0.1, 0.15) is 5.82 Å². The Morgan fingerprint density at radius 1 is 0.889 bits per heavy atom. The molecule has 1 N–H and O–H groups in total. The summed E-state index contributed by atoms with van der Waals surface area (Å²) in [5.74, 6) is -2.33. The third-order valence-electron chi connectivity index (χ3n) is 2.40. The quantitative estimate of drug-likeness (QED) is 0.874. The number of anilines is 1. The van der Waals surface area contributed by atoms with Crippen LogP contribution in [-0.4, -0.2) is 0 Å². The van der Waals surface area contributed by atoms with E-state index in [0.29, 0.717) is 10.6 Å². The Kier molecular flexibility index (Phi) is 3.77. The minimum absolute atomic E-state index is 0.190. The van der Waals surface area contributed by atoms with Crippen molar-refractivity contribution in [1.29, 1.82) is 0 Å². The second-order valence-electron chi connectivity index (χ2n) is 3.73. The van der Waals surface area contributed by atoms with Crippen LogP contribution in [0.4, 0.5) is 18.9 Å². The van der Waals surface area contributed by atoms with Crippen LogP contribution in [0.25, 0.3) is 0 Å². The van der Waals surface area contributed by atoms with Gasteiger partial charge < -0.3 is 5.32 Å². The van der Waals surface area contributed by atoms with E-state index in [4.69, 9.17) is 11.6 Å². The molecule has 0 fully saturated rings. The smallest absolute Gasteiger partial charge is 0.159 e. The Labute approximate surface area is 107 Å². The fourth-order valence-corrected chi connectivity index (χ4v) is 1.64. The second kappa shape index (κ2) is 5.31. The van der Waals surface area contributed by atoms with Crippen molar-refractivity contribution in [3.8, 4) is 0 Å². The molecule has 0 aliphatic rings. The molecule has 0 aliphatic carbocycles. The van der Waals surface area contributed by atoms with Crippen molar-refractivity contribution >= 4 is 17.3 Å². The summed E-state index contributed by atoms with van der Waals surface area (Å²) in [4.78, 5) is 0. The third-order valence-corrected chi connectivity index (χ3v) is 2.63. The molecule has 0 unspecified atom stereocenters. The first kappa shape index (κ1) is 12.8. The Morgan fingerprint density at radius 2 is 1.67 bits per heavy atom. The Morgan fingerprint density at radius 3 is 2.33 bits per heavy atom. The minimum atomic E-state index is -0.925. The van der Waals surface area contributed by atoms with Gasteiger partial charge in [-0.05, 0) is 35.9 Å². The van der Waals surface area contributed by atoms with Crippen molar-refractivity contribution in [1.82, 2.24) is 0 Å². The summed E-state index contributed by atoms with van der Waals surface area (Å²) in [6.45, 7) is 0.190. The fraction of sp³-hybridized carbons (Fsp3) is 0.0769. The number of benzene rings is 2. The lowest BCUT2D eigenvalue weighted by atomic mass is 10.2. The van der Waals surface area contributed by atoms with Gasteiger partial charge in [-0.25, -0.2) is 13.2 Å². The van der Waals surface area contributed by atoms with Crippen molar-refractivity contribution in [3.05, 3.63) is 64.4 Å². The van der Waals surface area contributed by atoms with Gasteiger partial charge in [-0.1, -0.05) is 17.7 Å². The summed E-state index contributed by atoms with van der Waals surface area (Å²) in [6, 6.07) is 7.73. The normalized spacial score (nSPS) is 10.4. The van der Waals surface area contributed by atoms with Crippen LogP contribution < -0.4 is 5.32 Å². The summed E-state index contributed by atoms with van der Waals surface area (Å²) in [6.07, 6.45) is 0. The zero-order chi connectivity index (χ0) is 13.1. The lowest BCUT2D eigenvalue weighted by molar-refractivity contribution is 0.507. The van der Waals surface area contributed by atoms with Gasteiger partial charge in [0.15, 0.2) is 11.6 Å². The molecule has 0 amide bonds. The number of hydrogen-bond acceptors (Lipinski definition) is 1. The standard InChI is InChI=1S/C13H9ClF3N/c14-9-2-4-13(12(17)6-9)18-7-8-1-3-10(15)11(16)5-8/h1-6,18H,7H2. The Bertz CT molecular complexity index is 572. The first-order valence-corrected chi connectivity index (χ1v) is 5.57. The molecule has 2 aromatic rings. The predicted octanol–water partition coefficient (Wildman–Crippen LogP) is 4.37. The molecule has 0 bridgehead atoms. The summed E-state index contributed by atoms with van der Waals surface area (Å²) in [5.41, 5.74) is 0.771. The van der Waals surface area contributed by atoms with E-state index < -0.39 is 17.5 Å². The van der Waals surface area contributed by atoms with Crippen LogP contribution in [0.2, 0.25) is 5.02 Å². The van der Waals surface area contributed by atoms with Gasteiger partial charge >= 0.3 is 0 Å². The van der Waals surface area contributed by atoms with Gasteiger partial charge in [0.25, 0.3) is 0 Å². The van der Waals surface area contributed by atoms with E-state index in [1.54, 1.807) is 0 Å². The molecule has 2 aromatic carbocycles. The molecular formula is C13H9ClF3N. The van der Waals surface area contributed by atoms with Crippen molar-refractivity contribution in [2.45, 2.75) is 6.54 Å². The molecule has 0 spiro atoms. The SMILES string of the molecule is Fc1ccc(CNc2ccc(Cl)cc2F)cc1F. The van der Waals surface area contributed by atoms with Crippen LogP contribution in [0.1, 0.15) is 5.56 Å². The predicted molar refractivity (Wildman–Crippen MR) is 65.1 cm³/mol. The van der Waals surface area contributed by atoms with E-state index in [9.17, 15) is 13.2 Å². The van der Waals surface area contributed by atoms with E-state index in [2.05, 4.69) is 5.32 Å². The maximum Gasteiger partial charge on any atom is 0.159 e. The van der Waals surface area contributed by atoms with Crippen LogP contribution >= 0.6 is 11.6 Å². The van der Waals surface area contributed by atoms with Gasteiger partial charge in [0.05, 0.1) is 5.69 Å². The first-order chi connectivity index (χ1) is 8.56. The van der Waals surface area contributed by atoms with Crippen LogP contribution in [0, 0.1) is 17.5 Å². The van der Waals surface area contributed by atoms with Crippen LogP contribution in [-0.2, 0) is 6.54 Å². The maximum absolute atomic E-state index is 13.4. The molecule has 0 saturated heterocycles. The maximum atomic E-state index is 13.4. The monoisotopic (exact) mass is 271 g/mol. The van der Waals surface area contributed by atoms with Crippen molar-refractivity contribution in [3.63, 3.8) is 0 Å². The number of nitrogens with one attached hydrogen (secondary N) is 1. The molecule has 0 aromatic heterocycles. The van der Waals surface area contributed by atoms with E-state index >= 15 is 0 Å². The van der Waals surface area contributed by atoms with Crippen LogP contribution in [0.5, 0.6) is 0 Å². The molecule has 0 aliphatic heterocycles. The molecule has 0 radical (unpaired) electrons. The van der Waals surface area contributed by atoms with Gasteiger partial charge in [0, 0.05) is 11.6 Å². The molecule has 0 saturated carbocycles. The minimum Gasteiger partial charge on any atom is -0.379 e. The van der Waals surface area contributed by atoms with Gasteiger partial charge in [-0.3, -0.25) is 0 Å². The molecule has 2 rings (SSSR count). The average Bonchev–Trinajstić information content (AvgIpc) is 2.32. The topological polar surface area (TPSA) is 12.0 Å². The highest BCUT2D eigenvalue weighted by Gasteiger charge is 2.05. The first-order valence-electron chi connectivity index (χ1n) is 5.19. The largest absolute Gasteiger partial charge is 0.379 e. The summed E-state index contributed by atoms with van der Waals surface area (Å²) < 4.78 is 39.1. The number of hydrogen-bond donors (Lipinski definition) is 1. The van der Waals surface area contributed by atoms with Crippen LogP contribution in [0.3, 0.4) is 0 Å². The van der Waals surface area contributed by atoms with Crippen LogP contribution in [0.15, 0.2) is 36.4 Å². The molecule has 18 heavy (non-hydrogen) atoms. The van der Waals surface area contributed by atoms with Crippen molar-refractivity contribution in [2.24, 2.45) is 0 Å². The molecule has 0 atom stereocenters. The second-order valence-corrected chi connectivity index (χ2v) is 4.16. The Balaban J connectivity index is 2.09. The fourth-order valence-electron chi connectivity index (χ4n) is 1.48. The Hall–Kier alpha value is -1.68. The van der Waals surface area contributed by atoms with E-state index in [1.807, 2.05) is 0 Å². The molecule has 1 nitrogen and oxygen atoms in total. The molecular weight excluding hydrogens is 263 g/mol. The molecule has 94 valence electrons. The third kappa shape index (κ3) is 2.96. The lowest BCUT2D eigenvalue weighted by Gasteiger charge is -2.08. The zero-order valence-electron chi connectivity index (χ0n) is 9.18. The average molecular weight is 272 g/mol. The highest BCUT2D eigenvalue weighted by molar-refractivity contribution is 6.30. The van der Waals surface area contributed by atoms with Crippen molar-refractivity contribution < 1.29 is 13.2 Å². The van der Waals surface area contributed by atoms with Gasteiger partial charge in [-0.15, -0.1) is 0 Å².